The standard InChI is InChI=1S/C21H33N3O4/c1-4-22-11-13-23(14-12-22)16-21(26)9-6-10-24(20(21)25)15-17-7-5-8-18(27-2)19(17)28-3/h5,7-8,26H,4,6,9-16H2,1-3H3. The van der Waals surface area contributed by atoms with Gasteiger partial charge in [0.05, 0.1) is 14.2 Å². The Morgan fingerprint density at radius 3 is 2.43 bits per heavy atom. The van der Waals surface area contributed by atoms with E-state index in [1.54, 1.807) is 19.1 Å². The number of carbonyl (C=O) groups is 1. The normalized spacial score (nSPS) is 24.4. The van der Waals surface area contributed by atoms with E-state index < -0.39 is 5.60 Å². The fraction of sp³-hybridized carbons (Fsp3) is 0.667. The molecule has 1 unspecified atom stereocenters. The largest absolute Gasteiger partial charge is 0.493 e. The molecule has 1 N–H and O–H groups in total. The van der Waals surface area contributed by atoms with E-state index in [-0.39, 0.29) is 5.91 Å². The summed E-state index contributed by atoms with van der Waals surface area (Å²) in [5.41, 5.74) is -0.422. The summed E-state index contributed by atoms with van der Waals surface area (Å²) in [6.45, 7) is 8.45. The van der Waals surface area contributed by atoms with Crippen molar-refractivity contribution in [2.24, 2.45) is 0 Å². The van der Waals surface area contributed by atoms with Crippen molar-refractivity contribution in [1.82, 2.24) is 14.7 Å². The number of amides is 1. The zero-order valence-electron chi connectivity index (χ0n) is 17.3. The minimum Gasteiger partial charge on any atom is -0.493 e. The molecule has 2 saturated heterocycles. The van der Waals surface area contributed by atoms with Crippen LogP contribution in [-0.4, -0.2) is 91.3 Å². The molecule has 1 aromatic rings. The molecule has 156 valence electrons. The highest BCUT2D eigenvalue weighted by Crippen LogP contribution is 2.33. The first kappa shape index (κ1) is 20.9. The molecule has 7 nitrogen and oxygen atoms in total. The van der Waals surface area contributed by atoms with E-state index in [1.807, 2.05) is 18.2 Å². The Balaban J connectivity index is 1.69. The zero-order chi connectivity index (χ0) is 20.1. The van der Waals surface area contributed by atoms with Gasteiger partial charge in [0.2, 0.25) is 0 Å². The van der Waals surface area contributed by atoms with Crippen molar-refractivity contribution >= 4 is 5.91 Å². The minimum absolute atomic E-state index is 0.179. The second kappa shape index (κ2) is 9.11. The molecule has 2 heterocycles. The van der Waals surface area contributed by atoms with Gasteiger partial charge in [-0.1, -0.05) is 19.1 Å². The van der Waals surface area contributed by atoms with Gasteiger partial charge < -0.3 is 24.4 Å². The van der Waals surface area contributed by atoms with Crippen molar-refractivity contribution in [3.05, 3.63) is 23.8 Å². The lowest BCUT2D eigenvalue weighted by Crippen LogP contribution is -2.60. The fourth-order valence-electron chi connectivity index (χ4n) is 4.28. The third-order valence-corrected chi connectivity index (χ3v) is 5.95. The molecule has 0 aromatic heterocycles. The van der Waals surface area contributed by atoms with Crippen LogP contribution in [0.1, 0.15) is 25.3 Å². The highest BCUT2D eigenvalue weighted by molar-refractivity contribution is 5.86. The number of para-hydroxylation sites is 1. The number of carbonyl (C=O) groups excluding carboxylic acids is 1. The molecule has 0 aliphatic carbocycles. The molecule has 2 aliphatic rings. The molecule has 7 heteroatoms. The van der Waals surface area contributed by atoms with Gasteiger partial charge in [-0.15, -0.1) is 0 Å². The molecule has 0 bridgehead atoms. The lowest BCUT2D eigenvalue weighted by atomic mass is 9.90. The summed E-state index contributed by atoms with van der Waals surface area (Å²) in [4.78, 5) is 19.5. The first-order valence-corrected chi connectivity index (χ1v) is 10.2. The lowest BCUT2D eigenvalue weighted by molar-refractivity contribution is -0.160. The SMILES string of the molecule is CCN1CCN(CC2(O)CCCN(Cc3cccc(OC)c3OC)C2=O)CC1. The predicted molar refractivity (Wildman–Crippen MR) is 108 cm³/mol. The number of likely N-dealkylation sites (tertiary alicyclic amines) is 1. The Bertz CT molecular complexity index is 676. The first-order chi connectivity index (χ1) is 13.5. The molecule has 3 rings (SSSR count). The third kappa shape index (κ3) is 4.42. The van der Waals surface area contributed by atoms with Crippen LogP contribution in [0.4, 0.5) is 0 Å². The zero-order valence-corrected chi connectivity index (χ0v) is 17.3. The highest BCUT2D eigenvalue weighted by atomic mass is 16.5. The smallest absolute Gasteiger partial charge is 0.256 e. The number of likely N-dealkylation sites (N-methyl/N-ethyl adjacent to an activating group) is 1. The van der Waals surface area contributed by atoms with Gasteiger partial charge in [-0.05, 0) is 25.5 Å². The number of β-amino-alcohol motifs (C(OH)–C–C–N with tert-alkyl or cyclic N) is 1. The van der Waals surface area contributed by atoms with E-state index in [0.29, 0.717) is 37.6 Å². The molecule has 0 spiro atoms. The number of benzene rings is 1. The van der Waals surface area contributed by atoms with Crippen LogP contribution < -0.4 is 9.47 Å². The quantitative estimate of drug-likeness (QED) is 0.753. The number of hydrogen-bond donors (Lipinski definition) is 1. The minimum atomic E-state index is -1.31. The van der Waals surface area contributed by atoms with Crippen molar-refractivity contribution in [2.45, 2.75) is 31.9 Å². The maximum atomic E-state index is 13.2. The number of ether oxygens (including phenoxy) is 2. The first-order valence-electron chi connectivity index (χ1n) is 10.2. The summed E-state index contributed by atoms with van der Waals surface area (Å²) in [5, 5.41) is 11.2. The molecule has 2 fully saturated rings. The highest BCUT2D eigenvalue weighted by Gasteiger charge is 2.43. The number of aliphatic hydroxyl groups is 1. The Hall–Kier alpha value is -1.83. The number of hydrogen-bond acceptors (Lipinski definition) is 6. The number of methoxy groups -OCH3 is 2. The van der Waals surface area contributed by atoms with Gasteiger partial charge in [0.1, 0.15) is 0 Å². The van der Waals surface area contributed by atoms with Gasteiger partial charge in [-0.3, -0.25) is 9.69 Å². The molecule has 2 aliphatic heterocycles. The van der Waals surface area contributed by atoms with Crippen molar-refractivity contribution in [3.63, 3.8) is 0 Å². The molecule has 0 saturated carbocycles. The third-order valence-electron chi connectivity index (χ3n) is 5.95. The average molecular weight is 392 g/mol. The predicted octanol–water partition coefficient (Wildman–Crippen LogP) is 1.19. The Morgan fingerprint density at radius 1 is 1.07 bits per heavy atom. The van der Waals surface area contributed by atoms with Gasteiger partial charge >= 0.3 is 0 Å². The topological polar surface area (TPSA) is 65.5 Å². The lowest BCUT2D eigenvalue weighted by Gasteiger charge is -2.43. The van der Waals surface area contributed by atoms with Crippen LogP contribution >= 0.6 is 0 Å². The van der Waals surface area contributed by atoms with Crippen molar-refractivity contribution in [3.8, 4) is 11.5 Å². The van der Waals surface area contributed by atoms with Gasteiger partial charge in [0.25, 0.3) is 5.91 Å². The average Bonchev–Trinajstić information content (AvgIpc) is 2.72. The molecule has 1 amide bonds. The van der Waals surface area contributed by atoms with Crippen molar-refractivity contribution in [1.29, 1.82) is 0 Å². The van der Waals surface area contributed by atoms with Crippen LogP contribution in [0, 0.1) is 0 Å². The molecule has 1 aromatic carbocycles. The van der Waals surface area contributed by atoms with Crippen LogP contribution in [0.15, 0.2) is 18.2 Å². The van der Waals surface area contributed by atoms with Gasteiger partial charge in [-0.25, -0.2) is 0 Å². The summed E-state index contributed by atoms with van der Waals surface area (Å²) < 4.78 is 10.9. The van der Waals surface area contributed by atoms with Crippen LogP contribution in [0.2, 0.25) is 0 Å². The summed E-state index contributed by atoms with van der Waals surface area (Å²) in [7, 11) is 3.20. The molecule has 0 radical (unpaired) electrons. The van der Waals surface area contributed by atoms with Gasteiger partial charge in [-0.2, -0.15) is 0 Å². The number of nitrogens with zero attached hydrogens (tertiary/aromatic N) is 3. The summed E-state index contributed by atoms with van der Waals surface area (Å²) in [5.74, 6) is 1.11. The van der Waals surface area contributed by atoms with Gasteiger partial charge in [0, 0.05) is 51.4 Å². The Morgan fingerprint density at radius 2 is 1.79 bits per heavy atom. The maximum absolute atomic E-state index is 13.2. The Labute approximate surface area is 167 Å². The van der Waals surface area contributed by atoms with Crippen LogP contribution in [-0.2, 0) is 11.3 Å². The second-order valence-electron chi connectivity index (χ2n) is 7.72. The summed E-state index contributed by atoms with van der Waals surface area (Å²) in [6.07, 6.45) is 1.31. The summed E-state index contributed by atoms with van der Waals surface area (Å²) >= 11 is 0. The van der Waals surface area contributed by atoms with E-state index in [2.05, 4.69) is 16.7 Å². The van der Waals surface area contributed by atoms with E-state index >= 15 is 0 Å². The van der Waals surface area contributed by atoms with Gasteiger partial charge in [0.15, 0.2) is 17.1 Å². The van der Waals surface area contributed by atoms with Crippen molar-refractivity contribution < 1.29 is 19.4 Å². The van der Waals surface area contributed by atoms with E-state index in [9.17, 15) is 9.90 Å². The number of piperazine rings is 1. The van der Waals surface area contributed by atoms with E-state index in [4.69, 9.17) is 9.47 Å². The number of rotatable bonds is 7. The van der Waals surface area contributed by atoms with Crippen molar-refractivity contribution in [2.75, 3.05) is 60.0 Å². The molecular weight excluding hydrogens is 358 g/mol. The van der Waals surface area contributed by atoms with Crippen LogP contribution in [0.3, 0.4) is 0 Å². The summed E-state index contributed by atoms with van der Waals surface area (Å²) in [6, 6.07) is 5.67. The molecule has 1 atom stereocenters. The van der Waals surface area contributed by atoms with Crippen LogP contribution in [0.25, 0.3) is 0 Å². The Kier molecular flexibility index (Phi) is 6.80. The fourth-order valence-corrected chi connectivity index (χ4v) is 4.28. The maximum Gasteiger partial charge on any atom is 0.256 e. The molecule has 28 heavy (non-hydrogen) atoms. The number of piperidine rings is 1. The monoisotopic (exact) mass is 391 g/mol. The van der Waals surface area contributed by atoms with E-state index in [0.717, 1.165) is 44.7 Å². The molecular formula is C21H33N3O4. The van der Waals surface area contributed by atoms with E-state index in [1.165, 1.54) is 0 Å². The van der Waals surface area contributed by atoms with Crippen LogP contribution in [0.5, 0.6) is 11.5 Å². The second-order valence-corrected chi connectivity index (χ2v) is 7.72.